The number of allylic oxidation sites excluding steroid dienone is 2. The van der Waals surface area contributed by atoms with E-state index in [2.05, 4.69) is 6.92 Å². The molecule has 7 atom stereocenters. The predicted octanol–water partition coefficient (Wildman–Crippen LogP) is 2.09. The number of fused-ring (bicyclic) bond motifs is 4. The Bertz CT molecular complexity index is 767. The summed E-state index contributed by atoms with van der Waals surface area (Å²) in [4.78, 5) is 24.6. The van der Waals surface area contributed by atoms with Crippen LogP contribution in [0.15, 0.2) is 23.3 Å². The molecule has 0 amide bonds. The fraction of sp³-hybridized carbons (Fsp3) is 0.727. The molecule has 0 aromatic rings. The summed E-state index contributed by atoms with van der Waals surface area (Å²) in [7, 11) is 0. The van der Waals surface area contributed by atoms with Crippen molar-refractivity contribution in [3.63, 3.8) is 0 Å². The molecule has 0 heterocycles. The average molecular weight is 374 g/mol. The van der Waals surface area contributed by atoms with E-state index in [-0.39, 0.29) is 17.4 Å². The third-order valence-corrected chi connectivity index (χ3v) is 8.40. The Morgan fingerprint density at radius 1 is 1.07 bits per heavy atom. The molecule has 0 saturated heterocycles. The van der Waals surface area contributed by atoms with Gasteiger partial charge in [0.25, 0.3) is 0 Å². The molecule has 0 aromatic heterocycles. The van der Waals surface area contributed by atoms with Crippen LogP contribution in [0.25, 0.3) is 0 Å². The largest absolute Gasteiger partial charge is 0.393 e. The molecule has 2 saturated carbocycles. The summed E-state index contributed by atoms with van der Waals surface area (Å²) in [5, 5.41) is 32.8. The molecule has 0 radical (unpaired) electrons. The number of aliphatic hydroxyl groups is 3. The molecule has 0 bridgehead atoms. The van der Waals surface area contributed by atoms with Crippen LogP contribution in [0.5, 0.6) is 0 Å². The van der Waals surface area contributed by atoms with Gasteiger partial charge in [0.05, 0.1) is 6.10 Å². The minimum absolute atomic E-state index is 0.0470. The maximum atomic E-state index is 12.5. The summed E-state index contributed by atoms with van der Waals surface area (Å²) in [6.07, 6.45) is 7.83. The molecule has 0 aliphatic heterocycles. The number of ketones is 2. The lowest BCUT2D eigenvalue weighted by Crippen LogP contribution is -2.64. The first-order chi connectivity index (χ1) is 12.6. The van der Waals surface area contributed by atoms with Crippen LogP contribution in [0.3, 0.4) is 0 Å². The van der Waals surface area contributed by atoms with E-state index in [0.29, 0.717) is 23.8 Å². The number of rotatable bonds is 2. The molecule has 148 valence electrons. The Kier molecular flexibility index (Phi) is 4.12. The summed E-state index contributed by atoms with van der Waals surface area (Å²) >= 11 is 0. The first kappa shape index (κ1) is 19.0. The highest BCUT2D eigenvalue weighted by Crippen LogP contribution is 2.61. The van der Waals surface area contributed by atoms with E-state index in [1.807, 2.05) is 0 Å². The van der Waals surface area contributed by atoms with E-state index in [0.717, 1.165) is 37.7 Å². The zero-order valence-electron chi connectivity index (χ0n) is 16.4. The topological polar surface area (TPSA) is 94.8 Å². The molecular formula is C22H30O5. The zero-order valence-corrected chi connectivity index (χ0v) is 16.4. The van der Waals surface area contributed by atoms with Crippen LogP contribution in [-0.4, -0.2) is 44.2 Å². The van der Waals surface area contributed by atoms with Crippen LogP contribution in [0.2, 0.25) is 0 Å². The lowest BCUT2D eigenvalue weighted by atomic mass is 9.52. The third-order valence-electron chi connectivity index (χ3n) is 8.40. The van der Waals surface area contributed by atoms with Crippen LogP contribution in [0.4, 0.5) is 0 Å². The quantitative estimate of drug-likeness (QED) is 0.688. The molecule has 3 N–H and O–H groups in total. The second-order valence-electron chi connectivity index (χ2n) is 9.41. The van der Waals surface area contributed by atoms with Crippen molar-refractivity contribution in [1.82, 2.24) is 0 Å². The zero-order chi connectivity index (χ0) is 19.8. The first-order valence-electron chi connectivity index (χ1n) is 10.1. The highest BCUT2D eigenvalue weighted by molar-refractivity contribution is 6.02. The van der Waals surface area contributed by atoms with Gasteiger partial charge < -0.3 is 15.3 Å². The van der Waals surface area contributed by atoms with Gasteiger partial charge in [0, 0.05) is 0 Å². The summed E-state index contributed by atoms with van der Waals surface area (Å²) in [6, 6.07) is 0. The monoisotopic (exact) mass is 374 g/mol. The van der Waals surface area contributed by atoms with Gasteiger partial charge in [0.1, 0.15) is 0 Å². The molecule has 4 aliphatic carbocycles. The van der Waals surface area contributed by atoms with Crippen LogP contribution in [0.1, 0.15) is 59.3 Å². The number of hydrogen-bond donors (Lipinski definition) is 3. The van der Waals surface area contributed by atoms with E-state index in [1.54, 1.807) is 6.08 Å². The second kappa shape index (κ2) is 5.85. The van der Waals surface area contributed by atoms with Crippen LogP contribution < -0.4 is 0 Å². The number of Topliss-reactive ketones (excluding diaryl/α,β-unsaturated/α-hetero) is 2. The van der Waals surface area contributed by atoms with Crippen molar-refractivity contribution >= 4 is 11.6 Å². The highest BCUT2D eigenvalue weighted by Gasteiger charge is 2.62. The van der Waals surface area contributed by atoms with Crippen molar-refractivity contribution < 1.29 is 24.9 Å². The van der Waals surface area contributed by atoms with E-state index in [4.69, 9.17) is 0 Å². The predicted molar refractivity (Wildman–Crippen MR) is 99.7 cm³/mol. The average Bonchev–Trinajstić information content (AvgIpc) is 2.92. The Balaban J connectivity index is 1.78. The fourth-order valence-electron chi connectivity index (χ4n) is 6.76. The Morgan fingerprint density at radius 2 is 1.78 bits per heavy atom. The SMILES string of the molecule is CC(=O)C1(O)C=CC2=C(CC[C@@H]3[C@@H]2CC[C@]2(C)[C@@H](O)CC[C@@H]32)C1(O)C(C)=O. The van der Waals surface area contributed by atoms with Crippen molar-refractivity contribution in [2.45, 2.75) is 76.6 Å². The van der Waals surface area contributed by atoms with Crippen LogP contribution in [-0.2, 0) is 9.59 Å². The third kappa shape index (κ3) is 2.22. The number of aliphatic hydroxyl groups excluding tert-OH is 1. The Morgan fingerprint density at radius 3 is 2.41 bits per heavy atom. The smallest absolute Gasteiger partial charge is 0.183 e. The van der Waals surface area contributed by atoms with E-state index in [9.17, 15) is 24.9 Å². The van der Waals surface area contributed by atoms with Gasteiger partial charge in [-0.2, -0.15) is 0 Å². The van der Waals surface area contributed by atoms with E-state index in [1.165, 1.54) is 19.9 Å². The lowest BCUT2D eigenvalue weighted by molar-refractivity contribution is -0.165. The molecule has 27 heavy (non-hydrogen) atoms. The molecule has 2 fully saturated rings. The molecule has 4 aliphatic rings. The van der Waals surface area contributed by atoms with Gasteiger partial charge in [0.15, 0.2) is 22.8 Å². The van der Waals surface area contributed by atoms with Gasteiger partial charge in [0.2, 0.25) is 0 Å². The first-order valence-corrected chi connectivity index (χ1v) is 10.1. The van der Waals surface area contributed by atoms with Gasteiger partial charge in [-0.1, -0.05) is 13.0 Å². The molecule has 4 rings (SSSR count). The van der Waals surface area contributed by atoms with Gasteiger partial charge in [-0.3, -0.25) is 9.59 Å². The maximum Gasteiger partial charge on any atom is 0.183 e. The minimum atomic E-state index is -2.20. The summed E-state index contributed by atoms with van der Waals surface area (Å²) in [5.74, 6) is -0.166. The van der Waals surface area contributed by atoms with Gasteiger partial charge in [-0.15, -0.1) is 0 Å². The minimum Gasteiger partial charge on any atom is -0.393 e. The summed E-state index contributed by atoms with van der Waals surface area (Å²) in [5.41, 5.74) is -2.97. The molecule has 2 unspecified atom stereocenters. The summed E-state index contributed by atoms with van der Waals surface area (Å²) < 4.78 is 0. The lowest BCUT2D eigenvalue weighted by Gasteiger charge is -2.53. The Hall–Kier alpha value is -1.30. The highest BCUT2D eigenvalue weighted by atomic mass is 16.4. The van der Waals surface area contributed by atoms with E-state index < -0.39 is 22.8 Å². The van der Waals surface area contributed by atoms with Crippen LogP contribution >= 0.6 is 0 Å². The normalized spacial score (nSPS) is 48.7. The van der Waals surface area contributed by atoms with Crippen molar-refractivity contribution in [3.8, 4) is 0 Å². The molecule has 0 spiro atoms. The standard InChI is InChI=1S/C22H30O5/c1-12(23)21(26)11-9-16-14-8-10-20(3)17(6-7-19(20)25)15(14)4-5-18(16)22(21,27)13(2)24/h9,11,14-15,17,19,25-27H,4-8,10H2,1-3H3/t14-,15+,17-,19-,20-,21?,22?/m0/s1. The number of carbonyl (C=O) groups excluding carboxylic acids is 2. The van der Waals surface area contributed by atoms with Crippen molar-refractivity contribution in [1.29, 1.82) is 0 Å². The van der Waals surface area contributed by atoms with Crippen molar-refractivity contribution in [3.05, 3.63) is 23.3 Å². The van der Waals surface area contributed by atoms with Crippen molar-refractivity contribution in [2.24, 2.45) is 23.2 Å². The molecular weight excluding hydrogens is 344 g/mol. The number of hydrogen-bond acceptors (Lipinski definition) is 5. The van der Waals surface area contributed by atoms with E-state index >= 15 is 0 Å². The van der Waals surface area contributed by atoms with Gasteiger partial charge in [-0.25, -0.2) is 0 Å². The molecule has 5 heteroatoms. The molecule has 0 aromatic carbocycles. The number of carbonyl (C=O) groups is 2. The maximum absolute atomic E-state index is 12.5. The fourth-order valence-corrected chi connectivity index (χ4v) is 6.76. The van der Waals surface area contributed by atoms with Gasteiger partial charge in [-0.05, 0) is 92.8 Å². The molecule has 5 nitrogen and oxygen atoms in total. The van der Waals surface area contributed by atoms with Crippen LogP contribution in [0, 0.1) is 23.2 Å². The second-order valence-corrected chi connectivity index (χ2v) is 9.41. The summed E-state index contributed by atoms with van der Waals surface area (Å²) in [6.45, 7) is 4.66. The van der Waals surface area contributed by atoms with Gasteiger partial charge >= 0.3 is 0 Å². The van der Waals surface area contributed by atoms with Crippen molar-refractivity contribution in [2.75, 3.05) is 0 Å². The Labute approximate surface area is 160 Å².